The van der Waals surface area contributed by atoms with E-state index in [0.29, 0.717) is 13.1 Å². The molecule has 0 bridgehead atoms. The maximum Gasteiger partial charge on any atom is 0.120 e. The van der Waals surface area contributed by atoms with Gasteiger partial charge in [0.05, 0.1) is 25.7 Å². The first-order valence-corrected chi connectivity index (χ1v) is 9.75. The third-order valence-electron chi connectivity index (χ3n) is 5.41. The van der Waals surface area contributed by atoms with Gasteiger partial charge in [0.25, 0.3) is 0 Å². The Balaban J connectivity index is 1.66. The number of imidazole rings is 2. The van der Waals surface area contributed by atoms with Crippen molar-refractivity contribution in [3.8, 4) is 11.5 Å². The lowest BCUT2D eigenvalue weighted by molar-refractivity contribution is 0.465. The maximum absolute atomic E-state index is 10.3. The Labute approximate surface area is 175 Å². The molecule has 0 aliphatic carbocycles. The van der Waals surface area contributed by atoms with E-state index in [4.69, 9.17) is 0 Å². The normalized spacial score (nSPS) is 12.1. The van der Waals surface area contributed by atoms with Crippen LogP contribution in [0, 0.1) is 0 Å². The second kappa shape index (κ2) is 8.29. The number of allylic oxidation sites excluding steroid dienone is 2. The van der Waals surface area contributed by atoms with Gasteiger partial charge in [0.15, 0.2) is 0 Å². The first kappa shape index (κ1) is 19.5. The van der Waals surface area contributed by atoms with E-state index in [1.807, 2.05) is 45.8 Å². The largest absolute Gasteiger partial charge is 0.508 e. The number of benzene rings is 2. The molecule has 0 unspecified atom stereocenters. The average molecular weight is 400 g/mol. The van der Waals surface area contributed by atoms with Crippen LogP contribution in [0.4, 0.5) is 0 Å². The molecule has 152 valence electrons. The Morgan fingerprint density at radius 3 is 1.53 bits per heavy atom. The lowest BCUT2D eigenvalue weighted by atomic mass is 9.94. The number of phenols is 2. The van der Waals surface area contributed by atoms with E-state index in [9.17, 15) is 10.2 Å². The number of aromatic hydroxyl groups is 2. The van der Waals surface area contributed by atoms with Gasteiger partial charge >= 0.3 is 0 Å². The fourth-order valence-electron chi connectivity index (χ4n) is 3.48. The Morgan fingerprint density at radius 2 is 1.17 bits per heavy atom. The third kappa shape index (κ3) is 4.12. The first-order valence-electron chi connectivity index (χ1n) is 9.75. The van der Waals surface area contributed by atoms with Crippen LogP contribution in [-0.4, -0.2) is 29.3 Å². The van der Waals surface area contributed by atoms with Crippen molar-refractivity contribution >= 4 is 11.1 Å². The zero-order valence-corrected chi connectivity index (χ0v) is 17.0. The Kier molecular flexibility index (Phi) is 5.39. The monoisotopic (exact) mass is 400 g/mol. The molecule has 0 spiro atoms. The number of hydrogen-bond acceptors (Lipinski definition) is 4. The molecule has 0 radical (unpaired) electrons. The number of phenolic OH excluding ortho intramolecular Hbond substituents is 2. The van der Waals surface area contributed by atoms with Gasteiger partial charge in [-0.25, -0.2) is 9.97 Å². The SMILES string of the molecule is C/C(=C(/C)c1ccc(O)c(Cn2ccnc2)c1)c1ccc(O)c(Cn2ccnc2)c1. The van der Waals surface area contributed by atoms with Crippen molar-refractivity contribution < 1.29 is 10.2 Å². The fourth-order valence-corrected chi connectivity index (χ4v) is 3.48. The van der Waals surface area contributed by atoms with Crippen LogP contribution in [0.2, 0.25) is 0 Å². The van der Waals surface area contributed by atoms with Gasteiger partial charge in [-0.3, -0.25) is 0 Å². The second-order valence-corrected chi connectivity index (χ2v) is 7.41. The van der Waals surface area contributed by atoms with Crippen molar-refractivity contribution in [1.82, 2.24) is 19.1 Å². The molecule has 4 aromatic rings. The molecule has 2 aromatic heterocycles. The van der Waals surface area contributed by atoms with Gasteiger partial charge in [-0.1, -0.05) is 12.1 Å². The molecule has 2 aromatic carbocycles. The van der Waals surface area contributed by atoms with Crippen LogP contribution in [0.1, 0.15) is 36.1 Å². The molecule has 2 heterocycles. The minimum Gasteiger partial charge on any atom is -0.508 e. The van der Waals surface area contributed by atoms with Crippen molar-refractivity contribution in [1.29, 1.82) is 0 Å². The average Bonchev–Trinajstić information content (AvgIpc) is 3.44. The summed E-state index contributed by atoms with van der Waals surface area (Å²) in [7, 11) is 0. The Bertz CT molecular complexity index is 1080. The van der Waals surface area contributed by atoms with Crippen LogP contribution in [0.25, 0.3) is 11.1 Å². The molecule has 0 saturated carbocycles. The van der Waals surface area contributed by atoms with Crippen molar-refractivity contribution in [2.24, 2.45) is 0 Å². The smallest absolute Gasteiger partial charge is 0.120 e. The Hall–Kier alpha value is -3.80. The van der Waals surface area contributed by atoms with Gasteiger partial charge in [-0.05, 0) is 60.4 Å². The third-order valence-corrected chi connectivity index (χ3v) is 5.41. The summed E-state index contributed by atoms with van der Waals surface area (Å²) in [6.45, 7) is 5.26. The highest BCUT2D eigenvalue weighted by Gasteiger charge is 2.10. The molecule has 0 atom stereocenters. The molecular formula is C24H24N4O2. The molecule has 0 fully saturated rings. The summed E-state index contributed by atoms with van der Waals surface area (Å²) in [6, 6.07) is 11.4. The zero-order chi connectivity index (χ0) is 21.1. The van der Waals surface area contributed by atoms with Gasteiger partial charge in [-0.2, -0.15) is 0 Å². The van der Waals surface area contributed by atoms with E-state index in [-0.39, 0.29) is 11.5 Å². The molecule has 30 heavy (non-hydrogen) atoms. The standard InChI is InChI=1S/C24H24N4O2/c1-17(19-3-5-23(29)21(11-19)13-27-9-7-25-15-27)18(2)20-4-6-24(30)22(12-20)14-28-10-8-26-16-28/h3-12,15-16,29-30H,13-14H2,1-2H3/b18-17+. The molecule has 0 aliphatic heterocycles. The number of rotatable bonds is 6. The fraction of sp³-hybridized carbons (Fsp3) is 0.167. The van der Waals surface area contributed by atoms with Crippen LogP contribution >= 0.6 is 0 Å². The van der Waals surface area contributed by atoms with Crippen molar-refractivity contribution in [2.45, 2.75) is 26.9 Å². The summed E-state index contributed by atoms with van der Waals surface area (Å²) in [4.78, 5) is 8.12. The highest BCUT2D eigenvalue weighted by molar-refractivity contribution is 5.89. The molecule has 0 amide bonds. The van der Waals surface area contributed by atoms with Crippen LogP contribution in [-0.2, 0) is 13.1 Å². The summed E-state index contributed by atoms with van der Waals surface area (Å²) in [5, 5.41) is 20.6. The van der Waals surface area contributed by atoms with Gasteiger partial charge in [0.2, 0.25) is 0 Å². The first-order chi connectivity index (χ1) is 14.5. The van der Waals surface area contributed by atoms with E-state index < -0.39 is 0 Å². The second-order valence-electron chi connectivity index (χ2n) is 7.41. The van der Waals surface area contributed by atoms with Gasteiger partial charge in [0, 0.05) is 35.9 Å². The Morgan fingerprint density at radius 1 is 0.733 bits per heavy atom. The van der Waals surface area contributed by atoms with E-state index in [2.05, 4.69) is 23.8 Å². The van der Waals surface area contributed by atoms with E-state index >= 15 is 0 Å². The van der Waals surface area contributed by atoms with Crippen molar-refractivity contribution in [2.75, 3.05) is 0 Å². The summed E-state index contributed by atoms with van der Waals surface area (Å²) < 4.78 is 3.85. The highest BCUT2D eigenvalue weighted by Crippen LogP contribution is 2.31. The summed E-state index contributed by atoms with van der Waals surface area (Å²) >= 11 is 0. The van der Waals surface area contributed by atoms with Gasteiger partial charge < -0.3 is 19.3 Å². The van der Waals surface area contributed by atoms with Crippen LogP contribution in [0.3, 0.4) is 0 Å². The van der Waals surface area contributed by atoms with E-state index in [1.54, 1.807) is 37.2 Å². The number of hydrogen-bond donors (Lipinski definition) is 2. The van der Waals surface area contributed by atoms with Crippen molar-refractivity contribution in [3.63, 3.8) is 0 Å². The van der Waals surface area contributed by atoms with Gasteiger partial charge in [0.1, 0.15) is 11.5 Å². The van der Waals surface area contributed by atoms with Crippen LogP contribution in [0.5, 0.6) is 11.5 Å². The topological polar surface area (TPSA) is 76.1 Å². The lowest BCUT2D eigenvalue weighted by Gasteiger charge is -2.14. The number of aromatic nitrogens is 4. The number of nitrogens with zero attached hydrogens (tertiary/aromatic N) is 4. The predicted octanol–water partition coefficient (Wildman–Crippen LogP) is 4.54. The predicted molar refractivity (Wildman–Crippen MR) is 117 cm³/mol. The summed E-state index contributed by atoms with van der Waals surface area (Å²) in [5.74, 6) is 0.537. The van der Waals surface area contributed by atoms with E-state index in [0.717, 1.165) is 33.4 Å². The molecule has 6 heteroatoms. The minimum atomic E-state index is 0.269. The molecule has 4 rings (SSSR count). The summed E-state index contributed by atoms with van der Waals surface area (Å²) in [6.07, 6.45) is 10.7. The lowest BCUT2D eigenvalue weighted by Crippen LogP contribution is -1.99. The molecule has 0 saturated heterocycles. The maximum atomic E-state index is 10.3. The van der Waals surface area contributed by atoms with Crippen LogP contribution < -0.4 is 0 Å². The van der Waals surface area contributed by atoms with E-state index in [1.165, 1.54) is 0 Å². The molecule has 6 nitrogen and oxygen atoms in total. The molecule has 2 N–H and O–H groups in total. The summed E-state index contributed by atoms with van der Waals surface area (Å²) in [5.41, 5.74) is 5.99. The molecule has 0 aliphatic rings. The minimum absolute atomic E-state index is 0.269. The van der Waals surface area contributed by atoms with Gasteiger partial charge in [-0.15, -0.1) is 0 Å². The zero-order valence-electron chi connectivity index (χ0n) is 17.0. The quantitative estimate of drug-likeness (QED) is 0.466. The van der Waals surface area contributed by atoms with Crippen molar-refractivity contribution in [3.05, 3.63) is 96.1 Å². The molecular weight excluding hydrogens is 376 g/mol. The highest BCUT2D eigenvalue weighted by atomic mass is 16.3. The van der Waals surface area contributed by atoms with Crippen LogP contribution in [0.15, 0.2) is 73.8 Å².